The van der Waals surface area contributed by atoms with Crippen LogP contribution >= 0.6 is 0 Å². The Kier molecular flexibility index (Phi) is 5.15. The Hall–Kier alpha value is -1.39. The number of hydrogen-bond acceptors (Lipinski definition) is 3. The molecule has 1 atom stereocenters. The molecule has 1 amide bonds. The zero-order valence-corrected chi connectivity index (χ0v) is 12.6. The number of rotatable bonds is 5. The molecule has 1 fully saturated rings. The second-order valence-corrected chi connectivity index (χ2v) is 5.61. The third-order valence-corrected chi connectivity index (χ3v) is 3.51. The van der Waals surface area contributed by atoms with Crippen LogP contribution in [0.3, 0.4) is 0 Å². The van der Waals surface area contributed by atoms with Crippen LogP contribution < -0.4 is 10.2 Å². The Bertz CT molecular complexity index is 460. The molecular weight excluding hydrogens is 252 g/mol. The highest BCUT2D eigenvalue weighted by Crippen LogP contribution is 2.22. The van der Waals surface area contributed by atoms with Gasteiger partial charge in [0, 0.05) is 25.4 Å². The molecule has 0 spiro atoms. The molecule has 2 rings (SSSR count). The van der Waals surface area contributed by atoms with Crippen molar-refractivity contribution >= 4 is 11.6 Å². The Morgan fingerprint density at radius 1 is 1.45 bits per heavy atom. The maximum atomic E-state index is 12.6. The van der Waals surface area contributed by atoms with Gasteiger partial charge in [-0.1, -0.05) is 26.0 Å². The molecule has 1 N–H and O–H groups in total. The summed E-state index contributed by atoms with van der Waals surface area (Å²) >= 11 is 0. The van der Waals surface area contributed by atoms with Gasteiger partial charge in [-0.05, 0) is 30.5 Å². The lowest BCUT2D eigenvalue weighted by atomic mass is 10.0. The van der Waals surface area contributed by atoms with Crippen LogP contribution in [-0.2, 0) is 16.1 Å². The lowest BCUT2D eigenvalue weighted by Gasteiger charge is -2.34. The number of piperidine rings is 1. The fourth-order valence-corrected chi connectivity index (χ4v) is 2.67. The van der Waals surface area contributed by atoms with E-state index in [-0.39, 0.29) is 11.9 Å². The SMILES string of the molecule is COCc1cccc(N2CCCC(NC(C)C)C2=O)c1. The van der Waals surface area contributed by atoms with E-state index < -0.39 is 0 Å². The van der Waals surface area contributed by atoms with Crippen molar-refractivity contribution in [3.63, 3.8) is 0 Å². The molecular formula is C16H24N2O2. The van der Waals surface area contributed by atoms with Crippen LogP contribution in [0, 0.1) is 0 Å². The minimum atomic E-state index is -0.0603. The predicted molar refractivity (Wildman–Crippen MR) is 80.8 cm³/mol. The highest BCUT2D eigenvalue weighted by molar-refractivity contribution is 5.98. The van der Waals surface area contributed by atoms with Gasteiger partial charge in [0.1, 0.15) is 0 Å². The van der Waals surface area contributed by atoms with Crippen LogP contribution in [0.1, 0.15) is 32.3 Å². The number of carbonyl (C=O) groups is 1. The van der Waals surface area contributed by atoms with E-state index in [0.29, 0.717) is 12.6 Å². The highest BCUT2D eigenvalue weighted by atomic mass is 16.5. The van der Waals surface area contributed by atoms with Crippen LogP contribution in [0.5, 0.6) is 0 Å². The molecule has 0 saturated carbocycles. The summed E-state index contributed by atoms with van der Waals surface area (Å²) in [5, 5.41) is 3.36. The third kappa shape index (κ3) is 3.58. The smallest absolute Gasteiger partial charge is 0.244 e. The topological polar surface area (TPSA) is 41.6 Å². The number of amides is 1. The molecule has 1 aliphatic heterocycles. The molecule has 4 heteroatoms. The maximum Gasteiger partial charge on any atom is 0.244 e. The second kappa shape index (κ2) is 6.86. The summed E-state index contributed by atoms with van der Waals surface area (Å²) in [6.45, 7) is 5.52. The number of carbonyl (C=O) groups excluding carboxylic acids is 1. The van der Waals surface area contributed by atoms with Crippen LogP contribution in [-0.4, -0.2) is 31.6 Å². The third-order valence-electron chi connectivity index (χ3n) is 3.51. The average Bonchev–Trinajstić information content (AvgIpc) is 2.41. The zero-order valence-electron chi connectivity index (χ0n) is 12.6. The van der Waals surface area contributed by atoms with Crippen molar-refractivity contribution in [1.29, 1.82) is 0 Å². The normalized spacial score (nSPS) is 19.7. The number of hydrogen-bond donors (Lipinski definition) is 1. The van der Waals surface area contributed by atoms with Crippen molar-refractivity contribution in [3.05, 3.63) is 29.8 Å². The van der Waals surface area contributed by atoms with E-state index in [2.05, 4.69) is 19.2 Å². The van der Waals surface area contributed by atoms with E-state index in [0.717, 1.165) is 30.6 Å². The fraction of sp³-hybridized carbons (Fsp3) is 0.562. The van der Waals surface area contributed by atoms with Gasteiger partial charge in [-0.25, -0.2) is 0 Å². The van der Waals surface area contributed by atoms with Crippen molar-refractivity contribution in [2.75, 3.05) is 18.6 Å². The number of nitrogens with one attached hydrogen (secondary N) is 1. The minimum absolute atomic E-state index is 0.0603. The quantitative estimate of drug-likeness (QED) is 0.897. The molecule has 0 radical (unpaired) electrons. The van der Waals surface area contributed by atoms with Crippen molar-refractivity contribution in [2.45, 2.75) is 45.4 Å². The summed E-state index contributed by atoms with van der Waals surface area (Å²) in [6, 6.07) is 8.30. The summed E-state index contributed by atoms with van der Waals surface area (Å²) in [7, 11) is 1.68. The lowest BCUT2D eigenvalue weighted by Crippen LogP contribution is -2.52. The number of nitrogens with zero attached hydrogens (tertiary/aromatic N) is 1. The number of anilines is 1. The van der Waals surface area contributed by atoms with Crippen molar-refractivity contribution in [1.82, 2.24) is 5.32 Å². The fourth-order valence-electron chi connectivity index (χ4n) is 2.67. The standard InChI is InChI=1S/C16H24N2O2/c1-12(2)17-15-8-5-9-18(16(15)19)14-7-4-6-13(10-14)11-20-3/h4,6-7,10,12,15,17H,5,8-9,11H2,1-3H3. The van der Waals surface area contributed by atoms with E-state index in [1.54, 1.807) is 7.11 Å². The first kappa shape index (κ1) is 15.0. The molecule has 1 aromatic carbocycles. The molecule has 0 bridgehead atoms. The molecule has 1 saturated heterocycles. The lowest BCUT2D eigenvalue weighted by molar-refractivity contribution is -0.121. The summed E-state index contributed by atoms with van der Waals surface area (Å²) < 4.78 is 5.16. The van der Waals surface area contributed by atoms with Gasteiger partial charge in [0.2, 0.25) is 5.91 Å². The number of methoxy groups -OCH3 is 1. The molecule has 110 valence electrons. The first-order chi connectivity index (χ1) is 9.61. The molecule has 1 aliphatic rings. The van der Waals surface area contributed by atoms with Gasteiger partial charge in [-0.3, -0.25) is 4.79 Å². The molecule has 1 aromatic rings. The van der Waals surface area contributed by atoms with Gasteiger partial charge in [0.15, 0.2) is 0 Å². The van der Waals surface area contributed by atoms with E-state index in [1.165, 1.54) is 0 Å². The largest absolute Gasteiger partial charge is 0.380 e. The summed E-state index contributed by atoms with van der Waals surface area (Å²) in [5.74, 6) is 0.180. The Labute approximate surface area is 121 Å². The van der Waals surface area contributed by atoms with Gasteiger partial charge in [0.05, 0.1) is 12.6 Å². The Morgan fingerprint density at radius 3 is 2.95 bits per heavy atom. The molecule has 20 heavy (non-hydrogen) atoms. The summed E-state index contributed by atoms with van der Waals surface area (Å²) in [5.41, 5.74) is 2.07. The van der Waals surface area contributed by atoms with Gasteiger partial charge >= 0.3 is 0 Å². The molecule has 1 heterocycles. The summed E-state index contributed by atoms with van der Waals surface area (Å²) in [6.07, 6.45) is 1.95. The Morgan fingerprint density at radius 2 is 2.25 bits per heavy atom. The van der Waals surface area contributed by atoms with Crippen molar-refractivity contribution < 1.29 is 9.53 Å². The van der Waals surface area contributed by atoms with Crippen LogP contribution in [0.15, 0.2) is 24.3 Å². The van der Waals surface area contributed by atoms with Crippen molar-refractivity contribution in [3.8, 4) is 0 Å². The predicted octanol–water partition coefficient (Wildman–Crippen LogP) is 2.33. The van der Waals surface area contributed by atoms with Crippen LogP contribution in [0.2, 0.25) is 0 Å². The summed E-state index contributed by atoms with van der Waals surface area (Å²) in [4.78, 5) is 14.5. The number of benzene rings is 1. The average molecular weight is 276 g/mol. The van der Waals surface area contributed by atoms with Gasteiger partial charge in [-0.2, -0.15) is 0 Å². The van der Waals surface area contributed by atoms with Gasteiger partial charge in [0.25, 0.3) is 0 Å². The first-order valence-electron chi connectivity index (χ1n) is 7.27. The highest BCUT2D eigenvalue weighted by Gasteiger charge is 2.29. The maximum absolute atomic E-state index is 12.6. The van der Waals surface area contributed by atoms with Gasteiger partial charge in [-0.15, -0.1) is 0 Å². The van der Waals surface area contributed by atoms with Gasteiger partial charge < -0.3 is 15.0 Å². The van der Waals surface area contributed by atoms with Crippen LogP contribution in [0.4, 0.5) is 5.69 Å². The minimum Gasteiger partial charge on any atom is -0.380 e. The molecule has 1 unspecified atom stereocenters. The van der Waals surface area contributed by atoms with Crippen molar-refractivity contribution in [2.24, 2.45) is 0 Å². The number of ether oxygens (including phenoxy) is 1. The van der Waals surface area contributed by atoms with E-state index in [4.69, 9.17) is 4.74 Å². The second-order valence-electron chi connectivity index (χ2n) is 5.61. The van der Waals surface area contributed by atoms with E-state index >= 15 is 0 Å². The van der Waals surface area contributed by atoms with E-state index in [9.17, 15) is 4.79 Å². The molecule has 0 aliphatic carbocycles. The Balaban J connectivity index is 2.14. The first-order valence-corrected chi connectivity index (χ1v) is 7.27. The zero-order chi connectivity index (χ0) is 14.5. The molecule has 4 nitrogen and oxygen atoms in total. The monoisotopic (exact) mass is 276 g/mol. The van der Waals surface area contributed by atoms with Crippen LogP contribution in [0.25, 0.3) is 0 Å². The molecule has 0 aromatic heterocycles. The van der Waals surface area contributed by atoms with E-state index in [1.807, 2.05) is 29.2 Å².